The minimum absolute atomic E-state index is 0.115. The summed E-state index contributed by atoms with van der Waals surface area (Å²) in [6.45, 7) is 2.10. The second-order valence-corrected chi connectivity index (χ2v) is 8.74. The zero-order valence-electron chi connectivity index (χ0n) is 15.7. The molecule has 0 fully saturated rings. The smallest absolute Gasteiger partial charge is 0.254 e. The maximum absolute atomic E-state index is 12.9. The number of nitrogens with one attached hydrogen (secondary N) is 1. The summed E-state index contributed by atoms with van der Waals surface area (Å²) in [7, 11) is 0.120. The number of amides is 1. The molecule has 1 aliphatic rings. The minimum atomic E-state index is -3.64. The van der Waals surface area contributed by atoms with Crippen molar-refractivity contribution in [3.63, 3.8) is 0 Å². The average Bonchev–Trinajstić information content (AvgIpc) is 2.66. The second-order valence-electron chi connectivity index (χ2n) is 6.97. The van der Waals surface area contributed by atoms with Crippen molar-refractivity contribution in [3.05, 3.63) is 65.2 Å². The number of nitrogens with zero attached hydrogens (tertiary/aromatic N) is 2. The average molecular weight is 388 g/mol. The van der Waals surface area contributed by atoms with E-state index in [0.717, 1.165) is 12.0 Å². The van der Waals surface area contributed by atoms with Gasteiger partial charge in [0.15, 0.2) is 0 Å². The van der Waals surface area contributed by atoms with Crippen LogP contribution in [0.15, 0.2) is 53.4 Å². The molecule has 0 bridgehead atoms. The largest absolute Gasteiger partial charge is 0.334 e. The molecule has 0 spiro atoms. The van der Waals surface area contributed by atoms with E-state index in [1.807, 2.05) is 37.2 Å². The Labute approximate surface area is 160 Å². The van der Waals surface area contributed by atoms with Gasteiger partial charge in [0.1, 0.15) is 0 Å². The molecule has 3 rings (SSSR count). The highest BCUT2D eigenvalue weighted by molar-refractivity contribution is 7.89. The Morgan fingerprint density at radius 3 is 2.59 bits per heavy atom. The molecule has 0 atom stereocenters. The number of sulfonamides is 1. The number of fused-ring (bicyclic) bond motifs is 1. The van der Waals surface area contributed by atoms with Crippen molar-refractivity contribution < 1.29 is 13.2 Å². The van der Waals surface area contributed by atoms with Gasteiger partial charge in [-0.3, -0.25) is 4.79 Å². The van der Waals surface area contributed by atoms with Crippen LogP contribution in [0.3, 0.4) is 0 Å². The van der Waals surface area contributed by atoms with E-state index in [9.17, 15) is 13.2 Å². The Hall–Kier alpha value is -2.22. The van der Waals surface area contributed by atoms with Crippen molar-refractivity contribution in [2.24, 2.45) is 0 Å². The molecule has 1 heterocycles. The third kappa shape index (κ3) is 4.74. The van der Waals surface area contributed by atoms with E-state index in [1.165, 1.54) is 17.7 Å². The summed E-state index contributed by atoms with van der Waals surface area (Å²) < 4.78 is 27.5. The number of carbonyl (C=O) groups is 1. The summed E-state index contributed by atoms with van der Waals surface area (Å²) in [6, 6.07) is 14.4. The highest BCUT2D eigenvalue weighted by Gasteiger charge is 2.23. The van der Waals surface area contributed by atoms with Crippen LogP contribution in [0, 0.1) is 0 Å². The molecular weight excluding hydrogens is 362 g/mol. The van der Waals surface area contributed by atoms with Crippen molar-refractivity contribution in [1.82, 2.24) is 14.5 Å². The zero-order chi connectivity index (χ0) is 19.4. The van der Waals surface area contributed by atoms with Crippen molar-refractivity contribution in [2.45, 2.75) is 17.9 Å². The molecule has 1 amide bonds. The fourth-order valence-electron chi connectivity index (χ4n) is 3.13. The molecule has 0 radical (unpaired) electrons. The van der Waals surface area contributed by atoms with Crippen LogP contribution < -0.4 is 4.72 Å². The topological polar surface area (TPSA) is 69.7 Å². The lowest BCUT2D eigenvalue weighted by Crippen LogP contribution is -2.36. The quantitative estimate of drug-likeness (QED) is 0.820. The van der Waals surface area contributed by atoms with Crippen LogP contribution in [-0.4, -0.2) is 57.9 Å². The maximum Gasteiger partial charge on any atom is 0.254 e. The van der Waals surface area contributed by atoms with Gasteiger partial charge in [0.05, 0.1) is 4.90 Å². The molecular formula is C20H25N3O3S. The Kier molecular flexibility index (Phi) is 5.94. The van der Waals surface area contributed by atoms with Crippen LogP contribution in [0.2, 0.25) is 0 Å². The molecule has 0 unspecified atom stereocenters. The molecule has 2 aromatic rings. The molecule has 0 aliphatic carbocycles. The van der Waals surface area contributed by atoms with Gasteiger partial charge in [-0.1, -0.05) is 30.3 Å². The fourth-order valence-corrected chi connectivity index (χ4v) is 4.20. The van der Waals surface area contributed by atoms with E-state index in [-0.39, 0.29) is 10.8 Å². The zero-order valence-corrected chi connectivity index (χ0v) is 16.5. The van der Waals surface area contributed by atoms with Crippen molar-refractivity contribution in [3.8, 4) is 0 Å². The Morgan fingerprint density at radius 1 is 1.11 bits per heavy atom. The van der Waals surface area contributed by atoms with Gasteiger partial charge >= 0.3 is 0 Å². The maximum atomic E-state index is 12.9. The summed E-state index contributed by atoms with van der Waals surface area (Å²) >= 11 is 0. The molecule has 7 heteroatoms. The highest BCUT2D eigenvalue weighted by Crippen LogP contribution is 2.21. The Morgan fingerprint density at radius 2 is 1.85 bits per heavy atom. The lowest BCUT2D eigenvalue weighted by atomic mass is 9.99. The number of hydrogen-bond acceptors (Lipinski definition) is 4. The van der Waals surface area contributed by atoms with E-state index in [1.54, 1.807) is 17.0 Å². The van der Waals surface area contributed by atoms with Gasteiger partial charge in [-0.15, -0.1) is 0 Å². The lowest BCUT2D eigenvalue weighted by Gasteiger charge is -2.29. The van der Waals surface area contributed by atoms with Gasteiger partial charge in [-0.05, 0) is 49.8 Å². The number of likely N-dealkylation sites (N-methyl/N-ethyl adjacent to an activating group) is 1. The summed E-state index contributed by atoms with van der Waals surface area (Å²) in [6.07, 6.45) is 0.812. The van der Waals surface area contributed by atoms with Crippen molar-refractivity contribution in [1.29, 1.82) is 0 Å². The van der Waals surface area contributed by atoms with Gasteiger partial charge in [-0.2, -0.15) is 0 Å². The third-order valence-corrected chi connectivity index (χ3v) is 6.12. The first-order chi connectivity index (χ1) is 12.9. The highest BCUT2D eigenvalue weighted by atomic mass is 32.2. The van der Waals surface area contributed by atoms with E-state index in [0.29, 0.717) is 31.7 Å². The van der Waals surface area contributed by atoms with E-state index >= 15 is 0 Å². The normalized spacial score (nSPS) is 14.3. The molecule has 1 aliphatic heterocycles. The summed E-state index contributed by atoms with van der Waals surface area (Å²) in [4.78, 5) is 16.7. The molecule has 6 nitrogen and oxygen atoms in total. The Bertz CT molecular complexity index is 926. The van der Waals surface area contributed by atoms with Crippen LogP contribution in [0.5, 0.6) is 0 Å². The SMILES string of the molecule is CN(C)CCNS(=O)(=O)c1cccc(C(=O)N2CCc3ccccc3C2)c1. The monoisotopic (exact) mass is 387 g/mol. The van der Waals surface area contributed by atoms with Gasteiger partial charge in [0, 0.05) is 31.7 Å². The summed E-state index contributed by atoms with van der Waals surface area (Å²) in [5, 5.41) is 0. The molecule has 0 saturated carbocycles. The summed E-state index contributed by atoms with van der Waals surface area (Å²) in [5.74, 6) is -0.144. The molecule has 27 heavy (non-hydrogen) atoms. The van der Waals surface area contributed by atoms with Crippen LogP contribution in [0.1, 0.15) is 21.5 Å². The second kappa shape index (κ2) is 8.21. The Balaban J connectivity index is 1.74. The van der Waals surface area contributed by atoms with Gasteiger partial charge in [0.2, 0.25) is 10.0 Å². The molecule has 144 valence electrons. The fraction of sp³-hybridized carbons (Fsp3) is 0.350. The van der Waals surface area contributed by atoms with E-state index in [4.69, 9.17) is 0 Å². The molecule has 2 aromatic carbocycles. The molecule has 1 N–H and O–H groups in total. The predicted molar refractivity (Wildman–Crippen MR) is 105 cm³/mol. The number of carbonyl (C=O) groups excluding carboxylic acids is 1. The number of rotatable bonds is 6. The minimum Gasteiger partial charge on any atom is -0.334 e. The van der Waals surface area contributed by atoms with Gasteiger partial charge < -0.3 is 9.80 Å². The van der Waals surface area contributed by atoms with Crippen LogP contribution in [0.4, 0.5) is 0 Å². The molecule has 0 saturated heterocycles. The first-order valence-corrected chi connectivity index (χ1v) is 10.5. The predicted octanol–water partition coefficient (Wildman–Crippen LogP) is 1.72. The van der Waals surface area contributed by atoms with Crippen LogP contribution >= 0.6 is 0 Å². The molecule has 0 aromatic heterocycles. The van der Waals surface area contributed by atoms with Gasteiger partial charge in [-0.25, -0.2) is 13.1 Å². The first-order valence-electron chi connectivity index (χ1n) is 8.97. The van der Waals surface area contributed by atoms with Crippen molar-refractivity contribution in [2.75, 3.05) is 33.7 Å². The lowest BCUT2D eigenvalue weighted by molar-refractivity contribution is 0.0734. The standard InChI is InChI=1S/C20H25N3O3S/c1-22(2)13-11-21-27(25,26)19-9-5-8-17(14-19)20(24)23-12-10-16-6-3-4-7-18(16)15-23/h3-9,14,21H,10-13,15H2,1-2H3. The first kappa shape index (κ1) is 19.5. The van der Waals surface area contributed by atoms with Crippen molar-refractivity contribution >= 4 is 15.9 Å². The van der Waals surface area contributed by atoms with Gasteiger partial charge in [0.25, 0.3) is 5.91 Å². The van der Waals surface area contributed by atoms with Crippen LogP contribution in [0.25, 0.3) is 0 Å². The number of hydrogen-bond donors (Lipinski definition) is 1. The summed E-state index contributed by atoms with van der Waals surface area (Å²) in [5.41, 5.74) is 2.80. The van der Waals surface area contributed by atoms with E-state index in [2.05, 4.69) is 10.8 Å². The van der Waals surface area contributed by atoms with E-state index < -0.39 is 10.0 Å². The third-order valence-electron chi connectivity index (χ3n) is 4.66. The number of benzene rings is 2. The van der Waals surface area contributed by atoms with Crippen LogP contribution in [-0.2, 0) is 23.0 Å².